The molecule has 0 aromatic heterocycles. The first-order valence-electron chi connectivity index (χ1n) is 25.5. The molecule has 0 radical (unpaired) electrons. The number of hydrogen-bond acceptors (Lipinski definition) is 12. The number of rotatable bonds is 43. The fraction of sp³-hybridized carbons (Fsp3) is 0.918. The van der Waals surface area contributed by atoms with E-state index in [2.05, 4.69) is 26.0 Å². The summed E-state index contributed by atoms with van der Waals surface area (Å²) in [4.78, 5) is 35.8. The lowest BCUT2D eigenvalue weighted by molar-refractivity contribution is -0.220. The van der Waals surface area contributed by atoms with E-state index in [4.69, 9.17) is 18.5 Å². The Morgan fingerprint density at radius 1 is 0.476 bits per heavy atom. The third kappa shape index (κ3) is 32.0. The number of unbranched alkanes of at least 4 members (excludes halogenated alkanes) is 29. The van der Waals surface area contributed by atoms with Crippen LogP contribution in [0, 0.1) is 0 Å². The molecule has 1 fully saturated rings. The van der Waals surface area contributed by atoms with Gasteiger partial charge in [0.1, 0.15) is 43.2 Å². The van der Waals surface area contributed by atoms with Crippen LogP contribution in [0.2, 0.25) is 0 Å². The smallest absolute Gasteiger partial charge is 0.462 e. The second kappa shape index (κ2) is 39.7. The Kier molecular flexibility index (Phi) is 37.6. The molecular weight excluding hydrogens is 827 g/mol. The number of aliphatic hydroxyl groups excluding tert-OH is 5. The molecule has 0 saturated heterocycles. The number of carbonyl (C=O) groups is 2. The quantitative estimate of drug-likeness (QED) is 0.0146. The van der Waals surface area contributed by atoms with Crippen molar-refractivity contribution in [1.82, 2.24) is 0 Å². The van der Waals surface area contributed by atoms with E-state index >= 15 is 0 Å². The van der Waals surface area contributed by atoms with Crippen molar-refractivity contribution in [3.05, 3.63) is 12.2 Å². The van der Waals surface area contributed by atoms with Crippen molar-refractivity contribution in [2.75, 3.05) is 13.2 Å². The summed E-state index contributed by atoms with van der Waals surface area (Å²) >= 11 is 0. The van der Waals surface area contributed by atoms with Gasteiger partial charge in [0, 0.05) is 12.8 Å². The Morgan fingerprint density at radius 2 is 0.810 bits per heavy atom. The van der Waals surface area contributed by atoms with Gasteiger partial charge in [-0.3, -0.25) is 18.6 Å². The Balaban J connectivity index is 2.40. The molecule has 0 heterocycles. The molecule has 1 aliphatic carbocycles. The van der Waals surface area contributed by atoms with Crippen LogP contribution in [0.1, 0.15) is 232 Å². The van der Waals surface area contributed by atoms with Crippen LogP contribution in [-0.2, 0) is 32.7 Å². The molecule has 6 N–H and O–H groups in total. The molecule has 13 nitrogen and oxygen atoms in total. The number of esters is 2. The summed E-state index contributed by atoms with van der Waals surface area (Å²) in [6, 6.07) is 0. The number of phosphoric ester groups is 1. The van der Waals surface area contributed by atoms with Crippen LogP contribution in [-0.4, -0.2) is 98.3 Å². The Bertz CT molecular complexity index is 1160. The minimum absolute atomic E-state index is 0.101. The highest BCUT2D eigenvalue weighted by Crippen LogP contribution is 2.47. The van der Waals surface area contributed by atoms with Crippen molar-refractivity contribution >= 4 is 19.8 Å². The first-order chi connectivity index (χ1) is 30.4. The number of phosphoric acid groups is 1. The van der Waals surface area contributed by atoms with Crippen LogP contribution < -0.4 is 0 Å². The average molecular weight is 921 g/mol. The zero-order valence-corrected chi connectivity index (χ0v) is 40.5. The summed E-state index contributed by atoms with van der Waals surface area (Å²) in [5, 5.41) is 50.2. The predicted octanol–water partition coefficient (Wildman–Crippen LogP) is 10.6. The predicted molar refractivity (Wildman–Crippen MR) is 249 cm³/mol. The number of hydrogen-bond donors (Lipinski definition) is 6. The third-order valence-corrected chi connectivity index (χ3v) is 13.1. The van der Waals surface area contributed by atoms with E-state index < -0.39 is 75.7 Å². The zero-order chi connectivity index (χ0) is 46.4. The van der Waals surface area contributed by atoms with Crippen LogP contribution in [0.4, 0.5) is 0 Å². The van der Waals surface area contributed by atoms with Gasteiger partial charge in [0.2, 0.25) is 0 Å². The summed E-state index contributed by atoms with van der Waals surface area (Å²) in [6.07, 6.45) is 29.7. The highest BCUT2D eigenvalue weighted by Gasteiger charge is 2.51. The maximum absolute atomic E-state index is 12.8. The second-order valence-corrected chi connectivity index (χ2v) is 19.4. The molecule has 0 amide bonds. The zero-order valence-electron chi connectivity index (χ0n) is 39.6. The van der Waals surface area contributed by atoms with E-state index in [-0.39, 0.29) is 12.8 Å². The number of aliphatic hydroxyl groups is 5. The standard InChI is InChI=1S/C49H93O13P/c1-3-5-7-9-11-13-15-17-19-21-22-24-26-28-30-32-34-36-38-43(51)61-41(40-60-63(57,58)62-49-47(55)45(53)44(52)46(54)48(49)56)39-59-42(50)37-35-33-31-29-27-25-23-20-18-16-14-12-10-8-6-4-2/h20,23,41,44-49,52-56H,3-19,21-22,24-40H2,1-2H3,(H,57,58)/b23-20-/t41-,44?,45-,46?,47?,48?,49?/m1/s1. The monoisotopic (exact) mass is 921 g/mol. The third-order valence-electron chi connectivity index (χ3n) is 12.1. The van der Waals surface area contributed by atoms with Crippen molar-refractivity contribution in [3.8, 4) is 0 Å². The van der Waals surface area contributed by atoms with Crippen LogP contribution in [0.25, 0.3) is 0 Å². The number of allylic oxidation sites excluding steroid dienone is 2. The van der Waals surface area contributed by atoms with E-state index in [9.17, 15) is 44.6 Å². The largest absolute Gasteiger partial charge is 0.472 e. The highest BCUT2D eigenvalue weighted by atomic mass is 31.2. The summed E-state index contributed by atoms with van der Waals surface area (Å²) in [5.74, 6) is -1.10. The molecule has 0 aromatic carbocycles. The lowest BCUT2D eigenvalue weighted by atomic mass is 9.85. The maximum atomic E-state index is 12.8. The molecule has 63 heavy (non-hydrogen) atoms. The average Bonchev–Trinajstić information content (AvgIpc) is 3.26. The normalized spacial score (nSPS) is 21.7. The van der Waals surface area contributed by atoms with Crippen LogP contribution in [0.15, 0.2) is 12.2 Å². The van der Waals surface area contributed by atoms with Gasteiger partial charge < -0.3 is 39.9 Å². The van der Waals surface area contributed by atoms with E-state index in [1.165, 1.54) is 135 Å². The molecule has 1 aliphatic rings. The van der Waals surface area contributed by atoms with Gasteiger partial charge in [0.05, 0.1) is 6.61 Å². The van der Waals surface area contributed by atoms with Crippen molar-refractivity contribution in [1.29, 1.82) is 0 Å². The fourth-order valence-corrected chi connectivity index (χ4v) is 8.96. The SMILES string of the molecule is CCCCCCCCC/C=C\CCCCCCCC(=O)OC[C@H](COP(=O)(O)OC1C(O)C(O)C(O)[C@@H](O)C1O)OC(=O)CCCCCCCCCCCCCCCCCCCC. The lowest BCUT2D eigenvalue weighted by Crippen LogP contribution is -2.64. The number of ether oxygens (including phenoxy) is 2. The van der Waals surface area contributed by atoms with Crippen molar-refractivity contribution in [3.63, 3.8) is 0 Å². The van der Waals surface area contributed by atoms with Gasteiger partial charge in [0.25, 0.3) is 0 Å². The van der Waals surface area contributed by atoms with Crippen molar-refractivity contribution < 1.29 is 63.1 Å². The molecule has 6 unspecified atom stereocenters. The van der Waals surface area contributed by atoms with Gasteiger partial charge >= 0.3 is 19.8 Å². The van der Waals surface area contributed by atoms with Gasteiger partial charge in [0.15, 0.2) is 6.10 Å². The first kappa shape index (κ1) is 59.6. The van der Waals surface area contributed by atoms with E-state index in [1.807, 2.05) is 0 Å². The van der Waals surface area contributed by atoms with Gasteiger partial charge in [-0.2, -0.15) is 0 Å². The van der Waals surface area contributed by atoms with Crippen molar-refractivity contribution in [2.24, 2.45) is 0 Å². The molecule has 14 heteroatoms. The Morgan fingerprint density at radius 3 is 1.21 bits per heavy atom. The van der Waals surface area contributed by atoms with Crippen LogP contribution in [0.5, 0.6) is 0 Å². The minimum atomic E-state index is -5.12. The lowest BCUT2D eigenvalue weighted by Gasteiger charge is -2.41. The van der Waals surface area contributed by atoms with Gasteiger partial charge in [-0.15, -0.1) is 0 Å². The van der Waals surface area contributed by atoms with E-state index in [1.54, 1.807) is 0 Å². The van der Waals surface area contributed by atoms with Crippen molar-refractivity contribution in [2.45, 2.75) is 275 Å². The number of carbonyl (C=O) groups excluding carboxylic acids is 2. The summed E-state index contributed by atoms with van der Waals surface area (Å²) < 4.78 is 33.6. The fourth-order valence-electron chi connectivity index (χ4n) is 7.99. The van der Waals surface area contributed by atoms with E-state index in [0.29, 0.717) is 12.8 Å². The molecular formula is C49H93O13P. The molecule has 8 atom stereocenters. The van der Waals surface area contributed by atoms with E-state index in [0.717, 1.165) is 57.8 Å². The minimum Gasteiger partial charge on any atom is -0.462 e. The van der Waals surface area contributed by atoms with Crippen LogP contribution in [0.3, 0.4) is 0 Å². The molecule has 372 valence electrons. The van der Waals surface area contributed by atoms with Gasteiger partial charge in [-0.05, 0) is 38.5 Å². The summed E-state index contributed by atoms with van der Waals surface area (Å²) in [5.41, 5.74) is 0. The second-order valence-electron chi connectivity index (χ2n) is 18.0. The Labute approximate surface area is 382 Å². The first-order valence-corrected chi connectivity index (χ1v) is 27.0. The topological polar surface area (TPSA) is 210 Å². The van der Waals surface area contributed by atoms with Crippen LogP contribution >= 0.6 is 7.82 Å². The summed E-state index contributed by atoms with van der Waals surface area (Å²) in [6.45, 7) is 3.33. The molecule has 0 bridgehead atoms. The Hall–Kier alpha value is -1.41. The molecule has 0 aliphatic heterocycles. The molecule has 1 rings (SSSR count). The highest BCUT2D eigenvalue weighted by molar-refractivity contribution is 7.47. The summed E-state index contributed by atoms with van der Waals surface area (Å²) in [7, 11) is -5.12. The molecule has 1 saturated carbocycles. The molecule has 0 spiro atoms. The maximum Gasteiger partial charge on any atom is 0.472 e. The van der Waals surface area contributed by atoms with Gasteiger partial charge in [-0.25, -0.2) is 4.57 Å². The van der Waals surface area contributed by atoms with Gasteiger partial charge in [-0.1, -0.05) is 193 Å². The molecule has 0 aromatic rings.